The third kappa shape index (κ3) is 5.55. The number of aliphatic carboxylic acids is 1. The van der Waals surface area contributed by atoms with Crippen molar-refractivity contribution in [3.8, 4) is 0 Å². The monoisotopic (exact) mass is 495 g/mol. The Morgan fingerprint density at radius 3 is 2.86 bits per heavy atom. The molecule has 35 heavy (non-hydrogen) atoms. The van der Waals surface area contributed by atoms with Gasteiger partial charge in [0.25, 0.3) is 0 Å². The van der Waals surface area contributed by atoms with Gasteiger partial charge in [0.05, 0.1) is 6.10 Å². The summed E-state index contributed by atoms with van der Waals surface area (Å²) in [5.41, 5.74) is 4.37. The van der Waals surface area contributed by atoms with E-state index >= 15 is 0 Å². The van der Waals surface area contributed by atoms with Crippen LogP contribution in [-0.4, -0.2) is 46.8 Å². The van der Waals surface area contributed by atoms with Crippen molar-refractivity contribution in [3.63, 3.8) is 0 Å². The molecule has 2 heterocycles. The number of ether oxygens (including phenoxy) is 1. The highest BCUT2D eigenvalue weighted by Crippen LogP contribution is 2.47. The van der Waals surface area contributed by atoms with Gasteiger partial charge in [-0.05, 0) is 93.2 Å². The lowest BCUT2D eigenvalue weighted by atomic mass is 9.85. The molecule has 0 saturated heterocycles. The third-order valence-corrected chi connectivity index (χ3v) is 7.92. The minimum atomic E-state index is -0.815. The number of likely N-dealkylation sites (N-methyl/N-ethyl adjacent to an activating group) is 1. The van der Waals surface area contributed by atoms with Gasteiger partial charge in [0, 0.05) is 29.6 Å². The Bertz CT molecular complexity index is 1090. The van der Waals surface area contributed by atoms with Crippen molar-refractivity contribution in [2.45, 2.75) is 75.5 Å². The number of aromatic nitrogens is 1. The maximum absolute atomic E-state index is 12.3. The van der Waals surface area contributed by atoms with Crippen molar-refractivity contribution < 1.29 is 14.6 Å². The van der Waals surface area contributed by atoms with Crippen molar-refractivity contribution >= 4 is 23.4 Å². The molecule has 0 radical (unpaired) electrons. The minimum Gasteiger partial charge on any atom is -0.480 e. The second-order valence-corrected chi connectivity index (χ2v) is 10.5. The van der Waals surface area contributed by atoms with E-state index in [1.807, 2.05) is 42.4 Å². The second-order valence-electron chi connectivity index (χ2n) is 10.1. The lowest BCUT2D eigenvalue weighted by molar-refractivity contribution is -0.146. The number of halogens is 1. The Morgan fingerprint density at radius 1 is 1.26 bits per heavy atom. The number of carbonyl (C=O) groups is 1. The number of fused-ring (bicyclic) bond motifs is 1. The number of nitrogens with zero attached hydrogens (tertiary/aromatic N) is 2. The average Bonchev–Trinajstić information content (AvgIpc) is 3.65. The first-order valence-electron chi connectivity index (χ1n) is 12.8. The number of hydrogen-bond acceptors (Lipinski definition) is 5. The van der Waals surface area contributed by atoms with E-state index in [4.69, 9.17) is 16.3 Å². The molecule has 3 aliphatic rings. The molecule has 7 heteroatoms. The number of anilines is 1. The summed E-state index contributed by atoms with van der Waals surface area (Å²) >= 11 is 6.48. The van der Waals surface area contributed by atoms with Crippen LogP contribution in [0.25, 0.3) is 0 Å². The van der Waals surface area contributed by atoms with Crippen LogP contribution in [0.2, 0.25) is 5.02 Å². The summed E-state index contributed by atoms with van der Waals surface area (Å²) in [6.07, 6.45) is 12.2. The molecule has 2 fully saturated rings. The van der Waals surface area contributed by atoms with Gasteiger partial charge in [-0.15, -0.1) is 0 Å². The Morgan fingerprint density at radius 2 is 2.09 bits per heavy atom. The highest BCUT2D eigenvalue weighted by Gasteiger charge is 2.41. The van der Waals surface area contributed by atoms with Gasteiger partial charge in [0.15, 0.2) is 0 Å². The van der Waals surface area contributed by atoms with Crippen LogP contribution in [0.5, 0.6) is 0 Å². The van der Waals surface area contributed by atoms with Crippen molar-refractivity contribution in [2.75, 3.05) is 19.0 Å². The van der Waals surface area contributed by atoms with E-state index in [0.717, 1.165) is 74.9 Å². The second kappa shape index (κ2) is 10.7. The van der Waals surface area contributed by atoms with E-state index in [0.29, 0.717) is 10.9 Å². The zero-order valence-corrected chi connectivity index (χ0v) is 21.0. The summed E-state index contributed by atoms with van der Waals surface area (Å²) in [5.74, 6) is 0.564. The molecular weight excluding hydrogens is 462 g/mol. The van der Waals surface area contributed by atoms with E-state index < -0.39 is 12.0 Å². The van der Waals surface area contributed by atoms with Crippen molar-refractivity contribution in [2.24, 2.45) is 0 Å². The SMILES string of the molecule is CN(C1CC(OCCCCC2=CCc3cccnc3N2)C1)[C@@H](C(=O)O)c1cccc(Cl)c1C1CC1. The lowest BCUT2D eigenvalue weighted by Crippen LogP contribution is -2.49. The maximum Gasteiger partial charge on any atom is 0.325 e. The molecule has 0 unspecified atom stereocenters. The predicted molar refractivity (Wildman–Crippen MR) is 138 cm³/mol. The molecule has 0 amide bonds. The fourth-order valence-electron chi connectivity index (χ4n) is 5.32. The molecule has 0 bridgehead atoms. The summed E-state index contributed by atoms with van der Waals surface area (Å²) in [4.78, 5) is 18.7. The number of benzene rings is 1. The number of hydrogen-bond donors (Lipinski definition) is 2. The fourth-order valence-corrected chi connectivity index (χ4v) is 5.66. The predicted octanol–water partition coefficient (Wildman–Crippen LogP) is 5.94. The number of rotatable bonds is 11. The van der Waals surface area contributed by atoms with Crippen molar-refractivity contribution in [1.82, 2.24) is 9.88 Å². The van der Waals surface area contributed by atoms with E-state index in [1.54, 1.807) is 0 Å². The Kier molecular flexibility index (Phi) is 7.42. The van der Waals surface area contributed by atoms with Crippen LogP contribution < -0.4 is 5.32 Å². The van der Waals surface area contributed by atoms with E-state index in [-0.39, 0.29) is 12.1 Å². The molecular formula is C28H34ClN3O3. The largest absolute Gasteiger partial charge is 0.480 e. The zero-order chi connectivity index (χ0) is 24.4. The molecule has 1 atom stereocenters. The Balaban J connectivity index is 1.05. The Labute approximate surface area is 212 Å². The van der Waals surface area contributed by atoms with Gasteiger partial charge >= 0.3 is 5.97 Å². The molecule has 2 saturated carbocycles. The number of carboxylic acid groups (broad SMARTS) is 1. The summed E-state index contributed by atoms with van der Waals surface area (Å²) in [5, 5.41) is 14.2. The third-order valence-electron chi connectivity index (χ3n) is 7.59. The maximum atomic E-state index is 12.3. The molecule has 1 aliphatic heterocycles. The van der Waals surface area contributed by atoms with Crippen LogP contribution in [0.1, 0.15) is 73.6 Å². The van der Waals surface area contributed by atoms with Gasteiger partial charge in [-0.2, -0.15) is 0 Å². The smallest absolute Gasteiger partial charge is 0.325 e. The molecule has 2 aromatic rings. The Hall–Kier alpha value is -2.41. The minimum absolute atomic E-state index is 0.205. The quantitative estimate of drug-likeness (QED) is 0.376. The molecule has 6 nitrogen and oxygen atoms in total. The highest BCUT2D eigenvalue weighted by atomic mass is 35.5. The summed E-state index contributed by atoms with van der Waals surface area (Å²) in [7, 11) is 1.93. The van der Waals surface area contributed by atoms with Crippen LogP contribution in [0.3, 0.4) is 0 Å². The fraction of sp³-hybridized carbons (Fsp3) is 0.500. The molecule has 0 spiro atoms. The summed E-state index contributed by atoms with van der Waals surface area (Å²) in [6, 6.07) is 9.30. The number of allylic oxidation sites excluding steroid dienone is 2. The number of pyridine rings is 1. The van der Waals surface area contributed by atoms with Crippen molar-refractivity contribution in [3.05, 3.63) is 70.0 Å². The molecule has 1 aromatic carbocycles. The van der Waals surface area contributed by atoms with Gasteiger partial charge in [-0.25, -0.2) is 4.98 Å². The van der Waals surface area contributed by atoms with Crippen LogP contribution in [0.15, 0.2) is 48.3 Å². The van der Waals surface area contributed by atoms with Crippen LogP contribution in [-0.2, 0) is 16.0 Å². The lowest BCUT2D eigenvalue weighted by Gasteiger charge is -2.43. The first-order chi connectivity index (χ1) is 17.0. The van der Waals surface area contributed by atoms with Gasteiger partial charge in [0.2, 0.25) is 0 Å². The first kappa shape index (κ1) is 24.3. The first-order valence-corrected chi connectivity index (χ1v) is 13.1. The number of carboxylic acids is 1. The summed E-state index contributed by atoms with van der Waals surface area (Å²) < 4.78 is 6.09. The normalized spacial score (nSPS) is 22.1. The highest BCUT2D eigenvalue weighted by molar-refractivity contribution is 6.31. The van der Waals surface area contributed by atoms with Gasteiger partial charge < -0.3 is 15.2 Å². The average molecular weight is 496 g/mol. The molecule has 2 aliphatic carbocycles. The van der Waals surface area contributed by atoms with E-state index in [2.05, 4.69) is 22.4 Å². The zero-order valence-electron chi connectivity index (χ0n) is 20.3. The summed E-state index contributed by atoms with van der Waals surface area (Å²) in [6.45, 7) is 0.742. The van der Waals surface area contributed by atoms with Crippen molar-refractivity contribution in [1.29, 1.82) is 0 Å². The van der Waals surface area contributed by atoms with E-state index in [9.17, 15) is 9.90 Å². The van der Waals surface area contributed by atoms with Crippen LogP contribution in [0, 0.1) is 0 Å². The topological polar surface area (TPSA) is 74.7 Å². The van der Waals surface area contributed by atoms with Gasteiger partial charge in [-0.1, -0.05) is 35.9 Å². The van der Waals surface area contributed by atoms with Gasteiger partial charge in [-0.3, -0.25) is 9.69 Å². The number of unbranched alkanes of at least 4 members (excludes halogenated alkanes) is 1. The number of nitrogens with one attached hydrogen (secondary N) is 1. The van der Waals surface area contributed by atoms with Crippen LogP contribution in [0.4, 0.5) is 5.82 Å². The van der Waals surface area contributed by atoms with E-state index in [1.165, 1.54) is 11.3 Å². The van der Waals surface area contributed by atoms with Crippen LogP contribution >= 0.6 is 11.6 Å². The molecule has 2 N–H and O–H groups in total. The molecule has 1 aromatic heterocycles. The molecule has 186 valence electrons. The van der Waals surface area contributed by atoms with Gasteiger partial charge in [0.1, 0.15) is 11.9 Å². The standard InChI is InChI=1S/C28H34ClN3O3/c1-32(26(28(33)34)23-8-4-9-24(29)25(23)18-10-11-18)21-16-22(17-21)35-15-3-2-7-20-13-12-19-6-5-14-30-27(19)31-20/h4-6,8-9,13-14,18,21-22,26H,2-3,7,10-12,15-17H2,1H3,(H,30,31)(H,33,34)/t21?,22?,26-/m1/s1. The molecule has 5 rings (SSSR count).